The van der Waals surface area contributed by atoms with Crippen molar-refractivity contribution in [2.45, 2.75) is 0 Å². The van der Waals surface area contributed by atoms with Crippen LogP contribution in [0.5, 0.6) is 0 Å². The smallest absolute Gasteiger partial charge is 0 e. The minimum absolute atomic E-state index is 0. The Hall–Kier alpha value is 0.934. The Bertz CT molecular complexity index is 71.8. The van der Waals surface area contributed by atoms with E-state index in [-0.39, 0.29) is 96.1 Å². The molecule has 0 spiro atoms. The topological polar surface area (TPSA) is 0 Å². The quantitative estimate of drug-likeness (QED) is 0.471. The average molecular weight is 298 g/mol. The van der Waals surface area contributed by atoms with E-state index in [1.54, 1.807) is 0 Å². The van der Waals surface area contributed by atoms with Crippen molar-refractivity contribution >= 4 is 37.2 Å². The zero-order valence-corrected chi connectivity index (χ0v) is 13.6. The molecular weight excluding hydrogens is 274 g/mol. The summed E-state index contributed by atoms with van der Waals surface area (Å²) in [7, 11) is 0. The van der Waals surface area contributed by atoms with Gasteiger partial charge in [0.25, 0.3) is 0 Å². The minimum atomic E-state index is 0. The summed E-state index contributed by atoms with van der Waals surface area (Å²) in [5.74, 6) is 0. The third-order valence-electron chi connectivity index (χ3n) is 0.556. The van der Waals surface area contributed by atoms with Gasteiger partial charge in [0.15, 0.2) is 0 Å². The van der Waals surface area contributed by atoms with E-state index in [1.165, 1.54) is 0 Å². The molecule has 0 saturated carbocycles. The molecule has 0 fully saturated rings. The second-order valence-electron chi connectivity index (χ2n) is 0.962. The molecule has 1 rings (SSSR count). The van der Waals surface area contributed by atoms with Gasteiger partial charge in [0.2, 0.25) is 0 Å². The monoisotopic (exact) mass is 296 g/mol. The van der Waals surface area contributed by atoms with E-state index < -0.39 is 0 Å². The Kier molecular flexibility index (Phi) is 389. The summed E-state index contributed by atoms with van der Waals surface area (Å²) >= 11 is 0. The first-order chi connectivity index (χ1) is 2.50. The molecule has 0 bridgehead atoms. The van der Waals surface area contributed by atoms with Gasteiger partial charge in [-0.2, -0.15) is 18.2 Å². The fourth-order valence-corrected chi connectivity index (χ4v) is 0.321. The molecule has 0 saturated heterocycles. The molecule has 94 valence electrons. The van der Waals surface area contributed by atoms with Crippen molar-refractivity contribution in [3.63, 3.8) is 0 Å². The second kappa shape index (κ2) is 66.2. The van der Waals surface area contributed by atoms with E-state index in [2.05, 4.69) is 0 Å². The number of hydrogen-bond acceptors (Lipinski definition) is 0. The fraction of sp³-hybridized carbons (Fsp3) is 0. The molecule has 0 unspecified atom stereocenters. The molecule has 0 nitrogen and oxygen atoms in total. The van der Waals surface area contributed by atoms with Gasteiger partial charge < -0.3 is 37.1 Å². The van der Waals surface area contributed by atoms with Gasteiger partial charge in [-0.15, -0.1) is 37.2 Å². The Morgan fingerprint density at radius 3 is 0.857 bits per heavy atom. The van der Waals surface area contributed by atoms with Crippen LogP contribution in [0.4, 0.5) is 0 Å². The van der Waals surface area contributed by atoms with E-state index in [0.717, 1.165) is 0 Å². The van der Waals surface area contributed by atoms with Crippen LogP contribution in [0.1, 0.15) is 0 Å². The van der Waals surface area contributed by atoms with Crippen LogP contribution in [0.25, 0.3) is 0 Å². The van der Waals surface area contributed by atoms with Gasteiger partial charge in [-0.05, 0) is 0 Å². The van der Waals surface area contributed by atoms with Crippen LogP contribution in [0.3, 0.4) is 0 Å². The SMILES string of the molecule is Cl.Cl.Cl.[CH3-].[CH3-].[CH3-].[CH3-].[CH3-].[Ti].c1cc[cH-]c1. The predicted molar refractivity (Wildman–Crippen MR) is 75.8 cm³/mol. The second-order valence-corrected chi connectivity index (χ2v) is 0.962. The number of rotatable bonds is 0. The third-order valence-corrected chi connectivity index (χ3v) is 0.556. The molecule has 0 atom stereocenters. The molecule has 14 heavy (non-hydrogen) atoms. The van der Waals surface area contributed by atoms with Crippen molar-refractivity contribution in [1.29, 1.82) is 0 Å². The van der Waals surface area contributed by atoms with Crippen LogP contribution < -0.4 is 0 Å². The molecule has 0 aliphatic heterocycles. The minimum Gasteiger partial charge on any atom is -0.358 e. The standard InChI is InChI=1S/C5H5.5CH3.3ClH.Ti/c1-2-4-5-3-1;;;;;;;;;/h1-5H;5*1H3;3*1H;/q6*-1;;;;. The molecule has 0 N–H and O–H groups in total. The van der Waals surface area contributed by atoms with Crippen LogP contribution in [0.15, 0.2) is 30.3 Å². The molecular formula is C10H23Cl3Ti-6. The summed E-state index contributed by atoms with van der Waals surface area (Å²) in [5.41, 5.74) is 0. The van der Waals surface area contributed by atoms with Gasteiger partial charge in [0.1, 0.15) is 0 Å². The molecule has 1 aromatic rings. The molecule has 0 amide bonds. The van der Waals surface area contributed by atoms with Crippen molar-refractivity contribution < 1.29 is 21.7 Å². The Labute approximate surface area is 126 Å². The molecule has 1 aromatic carbocycles. The maximum absolute atomic E-state index is 2.00. The van der Waals surface area contributed by atoms with Crippen molar-refractivity contribution in [3.8, 4) is 0 Å². The molecule has 0 radical (unpaired) electrons. The van der Waals surface area contributed by atoms with Crippen molar-refractivity contribution in [2.24, 2.45) is 0 Å². The van der Waals surface area contributed by atoms with Gasteiger partial charge in [-0.1, -0.05) is 0 Å². The predicted octanol–water partition coefficient (Wildman–Crippen LogP) is 4.92. The normalized spacial score (nSPS) is 2.86. The maximum Gasteiger partial charge on any atom is 0 e. The average Bonchev–Trinajstić information content (AvgIpc) is 1.76. The van der Waals surface area contributed by atoms with Crippen LogP contribution in [-0.4, -0.2) is 0 Å². The summed E-state index contributed by atoms with van der Waals surface area (Å²) in [6, 6.07) is 10.0. The molecule has 0 aliphatic carbocycles. The van der Waals surface area contributed by atoms with E-state index in [0.29, 0.717) is 0 Å². The fourth-order valence-electron chi connectivity index (χ4n) is 0.321. The number of hydrogen-bond donors (Lipinski definition) is 0. The Morgan fingerprint density at radius 1 is 0.571 bits per heavy atom. The maximum atomic E-state index is 2.00. The third kappa shape index (κ3) is 52.3. The van der Waals surface area contributed by atoms with E-state index in [1.807, 2.05) is 30.3 Å². The van der Waals surface area contributed by atoms with Gasteiger partial charge in [-0.3, -0.25) is 0 Å². The van der Waals surface area contributed by atoms with Crippen molar-refractivity contribution in [2.75, 3.05) is 0 Å². The molecule has 4 heteroatoms. The van der Waals surface area contributed by atoms with E-state index in [9.17, 15) is 0 Å². The van der Waals surface area contributed by atoms with Gasteiger partial charge in [-0.25, -0.2) is 12.1 Å². The summed E-state index contributed by atoms with van der Waals surface area (Å²) in [4.78, 5) is 0. The molecule has 0 aliphatic rings. The van der Waals surface area contributed by atoms with Crippen LogP contribution >= 0.6 is 37.2 Å². The first-order valence-corrected chi connectivity index (χ1v) is 1.67. The van der Waals surface area contributed by atoms with Crippen LogP contribution in [-0.2, 0) is 21.7 Å². The van der Waals surface area contributed by atoms with E-state index in [4.69, 9.17) is 0 Å². The Morgan fingerprint density at radius 2 is 0.786 bits per heavy atom. The Balaban J connectivity index is -0.00000000397. The van der Waals surface area contributed by atoms with Gasteiger partial charge >= 0.3 is 0 Å². The summed E-state index contributed by atoms with van der Waals surface area (Å²) in [6.45, 7) is 0. The number of halogens is 3. The first-order valence-electron chi connectivity index (χ1n) is 1.67. The zero-order chi connectivity index (χ0) is 3.54. The van der Waals surface area contributed by atoms with Crippen LogP contribution in [0, 0.1) is 37.1 Å². The summed E-state index contributed by atoms with van der Waals surface area (Å²) in [6.07, 6.45) is 0. The summed E-state index contributed by atoms with van der Waals surface area (Å²) in [5, 5.41) is 0. The summed E-state index contributed by atoms with van der Waals surface area (Å²) < 4.78 is 0. The van der Waals surface area contributed by atoms with E-state index >= 15 is 0 Å². The van der Waals surface area contributed by atoms with Crippen molar-refractivity contribution in [1.82, 2.24) is 0 Å². The zero-order valence-electron chi connectivity index (χ0n) is 9.61. The van der Waals surface area contributed by atoms with Gasteiger partial charge in [0, 0.05) is 21.7 Å². The first kappa shape index (κ1) is 82.3. The van der Waals surface area contributed by atoms with Crippen LogP contribution in [0.2, 0.25) is 0 Å². The largest absolute Gasteiger partial charge is 0.358 e. The van der Waals surface area contributed by atoms with Gasteiger partial charge in [0.05, 0.1) is 0 Å². The van der Waals surface area contributed by atoms with Crippen molar-refractivity contribution in [3.05, 3.63) is 67.5 Å². The molecule has 0 aromatic heterocycles. The molecule has 0 heterocycles.